The number of rotatable bonds is 9. The summed E-state index contributed by atoms with van der Waals surface area (Å²) in [5, 5.41) is 13.0. The van der Waals surface area contributed by atoms with E-state index in [0.29, 0.717) is 30.8 Å². The fraction of sp³-hybridized carbons (Fsp3) is 0.258. The molecule has 0 saturated heterocycles. The number of carbonyl (C=O) groups is 1. The zero-order valence-corrected chi connectivity index (χ0v) is 23.5. The summed E-state index contributed by atoms with van der Waals surface area (Å²) >= 11 is 0. The maximum Gasteiger partial charge on any atom is 0.248 e. The minimum absolute atomic E-state index is 0.154. The summed E-state index contributed by atoms with van der Waals surface area (Å²) in [6, 6.07) is 16.1. The number of hydrogen-bond acceptors (Lipinski definition) is 7. The van der Waals surface area contributed by atoms with Crippen LogP contribution in [0, 0.1) is 6.92 Å². The number of nitrogens with zero attached hydrogens (tertiary/aromatic N) is 6. The lowest BCUT2D eigenvalue weighted by atomic mass is 9.99. The number of likely N-dealkylation sites (N-methyl/N-ethyl adjacent to an activating group) is 1. The molecule has 0 unspecified atom stereocenters. The minimum atomic E-state index is -0.154. The quantitative estimate of drug-likeness (QED) is 0.243. The van der Waals surface area contributed by atoms with Crippen LogP contribution < -0.4 is 10.6 Å². The molecule has 204 valence electrons. The molecule has 0 atom stereocenters. The number of amides is 1. The van der Waals surface area contributed by atoms with Crippen LogP contribution in [0.25, 0.3) is 27.7 Å². The highest BCUT2D eigenvalue weighted by Gasteiger charge is 2.15. The van der Waals surface area contributed by atoms with Crippen molar-refractivity contribution in [1.82, 2.24) is 29.5 Å². The molecule has 9 heteroatoms. The SMILES string of the molecule is Cc1nc(NCc2ccccc2-c2nccc3cc(NC(=O)/C=C/CN(C)C)ccc23)n2ncc(C(C)C)c2n1. The van der Waals surface area contributed by atoms with Gasteiger partial charge in [-0.15, -0.1) is 0 Å². The van der Waals surface area contributed by atoms with E-state index in [9.17, 15) is 4.79 Å². The number of aromatic nitrogens is 5. The molecule has 3 heterocycles. The summed E-state index contributed by atoms with van der Waals surface area (Å²) in [5.74, 6) is 1.50. The third-order valence-corrected chi connectivity index (χ3v) is 6.61. The van der Waals surface area contributed by atoms with Gasteiger partial charge in [0.15, 0.2) is 5.65 Å². The summed E-state index contributed by atoms with van der Waals surface area (Å²) < 4.78 is 1.77. The molecule has 0 aliphatic rings. The first kappa shape index (κ1) is 27.0. The van der Waals surface area contributed by atoms with Gasteiger partial charge in [-0.3, -0.25) is 9.78 Å². The van der Waals surface area contributed by atoms with E-state index in [0.717, 1.165) is 44.5 Å². The molecule has 0 aliphatic carbocycles. The van der Waals surface area contributed by atoms with Gasteiger partial charge in [0.05, 0.1) is 11.9 Å². The molecule has 40 heavy (non-hydrogen) atoms. The fourth-order valence-corrected chi connectivity index (χ4v) is 4.63. The largest absolute Gasteiger partial charge is 0.350 e. The Morgan fingerprint density at radius 3 is 2.73 bits per heavy atom. The first-order chi connectivity index (χ1) is 19.3. The average Bonchev–Trinajstić information content (AvgIpc) is 3.35. The monoisotopic (exact) mass is 534 g/mol. The van der Waals surface area contributed by atoms with E-state index in [1.807, 2.05) is 74.6 Å². The maximum atomic E-state index is 12.3. The summed E-state index contributed by atoms with van der Waals surface area (Å²) in [4.78, 5) is 28.3. The topological polar surface area (TPSA) is 100 Å². The number of benzene rings is 2. The third kappa shape index (κ3) is 5.84. The molecule has 2 N–H and O–H groups in total. The molecule has 2 aromatic carbocycles. The van der Waals surface area contributed by atoms with Crippen LogP contribution in [0.5, 0.6) is 0 Å². The van der Waals surface area contributed by atoms with Crippen molar-refractivity contribution in [3.63, 3.8) is 0 Å². The molecule has 5 rings (SSSR count). The van der Waals surface area contributed by atoms with Gasteiger partial charge in [-0.2, -0.15) is 14.6 Å². The summed E-state index contributed by atoms with van der Waals surface area (Å²) in [5.41, 5.74) is 5.63. The average molecular weight is 535 g/mol. The molecule has 3 aromatic heterocycles. The highest BCUT2D eigenvalue weighted by atomic mass is 16.1. The third-order valence-electron chi connectivity index (χ3n) is 6.61. The number of fused-ring (bicyclic) bond motifs is 2. The van der Waals surface area contributed by atoms with Gasteiger partial charge in [-0.05, 0) is 56.1 Å². The molecule has 0 bridgehead atoms. The van der Waals surface area contributed by atoms with Crippen molar-refractivity contribution < 1.29 is 4.79 Å². The van der Waals surface area contributed by atoms with Crippen LogP contribution in [0.3, 0.4) is 0 Å². The van der Waals surface area contributed by atoms with E-state index in [2.05, 4.69) is 51.7 Å². The van der Waals surface area contributed by atoms with Gasteiger partial charge in [0, 0.05) is 47.6 Å². The smallest absolute Gasteiger partial charge is 0.248 e. The number of nitrogens with one attached hydrogen (secondary N) is 2. The van der Waals surface area contributed by atoms with Crippen LogP contribution in [0.15, 0.2) is 73.1 Å². The molecule has 0 aliphatic heterocycles. The van der Waals surface area contributed by atoms with E-state index < -0.39 is 0 Å². The number of pyridine rings is 1. The number of carbonyl (C=O) groups excluding carboxylic acids is 1. The van der Waals surface area contributed by atoms with Gasteiger partial charge in [-0.1, -0.05) is 50.3 Å². The number of anilines is 2. The predicted molar refractivity (Wildman–Crippen MR) is 160 cm³/mol. The van der Waals surface area contributed by atoms with Crippen molar-refractivity contribution in [1.29, 1.82) is 0 Å². The van der Waals surface area contributed by atoms with Gasteiger partial charge in [0.1, 0.15) is 5.82 Å². The molecule has 9 nitrogen and oxygen atoms in total. The first-order valence-electron chi connectivity index (χ1n) is 13.4. The van der Waals surface area contributed by atoms with Gasteiger partial charge < -0.3 is 15.5 Å². The Labute approximate surface area is 234 Å². The van der Waals surface area contributed by atoms with Crippen LogP contribution in [0.4, 0.5) is 11.6 Å². The Kier molecular flexibility index (Phi) is 7.84. The molecular weight excluding hydrogens is 500 g/mol. The van der Waals surface area contributed by atoms with E-state index in [1.54, 1.807) is 16.8 Å². The van der Waals surface area contributed by atoms with Gasteiger partial charge in [0.25, 0.3) is 0 Å². The van der Waals surface area contributed by atoms with Crippen molar-refractivity contribution in [2.24, 2.45) is 0 Å². The summed E-state index contributed by atoms with van der Waals surface area (Å²) in [7, 11) is 3.92. The van der Waals surface area contributed by atoms with Gasteiger partial charge in [0.2, 0.25) is 11.9 Å². The van der Waals surface area contributed by atoms with Crippen molar-refractivity contribution in [2.45, 2.75) is 33.2 Å². The maximum absolute atomic E-state index is 12.3. The van der Waals surface area contributed by atoms with E-state index >= 15 is 0 Å². The molecular formula is C31H34N8O. The predicted octanol–water partition coefficient (Wildman–Crippen LogP) is 5.44. The highest BCUT2D eigenvalue weighted by Crippen LogP contribution is 2.31. The first-order valence-corrected chi connectivity index (χ1v) is 13.4. The van der Waals surface area contributed by atoms with E-state index in [1.165, 1.54) is 0 Å². The van der Waals surface area contributed by atoms with Crippen molar-refractivity contribution in [2.75, 3.05) is 31.3 Å². The van der Waals surface area contributed by atoms with Crippen LogP contribution in [0.2, 0.25) is 0 Å². The van der Waals surface area contributed by atoms with Crippen molar-refractivity contribution in [3.8, 4) is 11.3 Å². The molecule has 0 saturated carbocycles. The Balaban J connectivity index is 1.42. The van der Waals surface area contributed by atoms with Crippen molar-refractivity contribution >= 4 is 34.0 Å². The highest BCUT2D eigenvalue weighted by molar-refractivity contribution is 6.02. The normalized spacial score (nSPS) is 11.8. The lowest BCUT2D eigenvalue weighted by Crippen LogP contribution is -2.12. The van der Waals surface area contributed by atoms with Crippen LogP contribution >= 0.6 is 0 Å². The lowest BCUT2D eigenvalue weighted by molar-refractivity contribution is -0.111. The molecule has 0 spiro atoms. The van der Waals surface area contributed by atoms with E-state index in [-0.39, 0.29) is 5.91 Å². The summed E-state index contributed by atoms with van der Waals surface area (Å²) in [6.45, 7) is 7.40. The van der Waals surface area contributed by atoms with Gasteiger partial charge >= 0.3 is 0 Å². The minimum Gasteiger partial charge on any atom is -0.350 e. The Hall–Kier alpha value is -4.63. The second kappa shape index (κ2) is 11.6. The fourth-order valence-electron chi connectivity index (χ4n) is 4.63. The van der Waals surface area contributed by atoms with Gasteiger partial charge in [-0.25, -0.2) is 4.98 Å². The Bertz CT molecular complexity index is 1700. The second-order valence-corrected chi connectivity index (χ2v) is 10.3. The lowest BCUT2D eigenvalue weighted by Gasteiger charge is -2.14. The van der Waals surface area contributed by atoms with Crippen LogP contribution in [0.1, 0.15) is 36.7 Å². The standard InChI is InChI=1S/C31H34N8O/c1-20(2)27-19-34-39-30(27)35-21(3)36-31(39)33-18-23-9-6-7-10-25(23)29-26-13-12-24(17-22(26)14-15-32-29)37-28(40)11-8-16-38(4)5/h6-15,17,19-20H,16,18H2,1-5H3,(H,37,40)(H,33,35,36)/b11-8+. The zero-order chi connectivity index (χ0) is 28.2. The summed E-state index contributed by atoms with van der Waals surface area (Å²) in [6.07, 6.45) is 7.07. The second-order valence-electron chi connectivity index (χ2n) is 10.3. The number of hydrogen-bond donors (Lipinski definition) is 2. The van der Waals surface area contributed by atoms with Crippen LogP contribution in [-0.4, -0.2) is 56.0 Å². The number of aryl methyl sites for hydroxylation is 1. The molecule has 0 fully saturated rings. The Morgan fingerprint density at radius 2 is 1.93 bits per heavy atom. The van der Waals surface area contributed by atoms with Crippen LogP contribution in [-0.2, 0) is 11.3 Å². The van der Waals surface area contributed by atoms with Crippen molar-refractivity contribution in [3.05, 3.63) is 90.0 Å². The molecule has 1 amide bonds. The molecule has 5 aromatic rings. The van der Waals surface area contributed by atoms with E-state index in [4.69, 9.17) is 4.98 Å². The zero-order valence-electron chi connectivity index (χ0n) is 23.5. The Morgan fingerprint density at radius 1 is 1.10 bits per heavy atom. The molecule has 0 radical (unpaired) electrons.